The molecule has 0 spiro atoms. The van der Waals surface area contributed by atoms with E-state index in [1.807, 2.05) is 24.3 Å². The number of hydrogen-bond donors (Lipinski definition) is 1. The van der Waals surface area contributed by atoms with Crippen molar-refractivity contribution < 1.29 is 14.8 Å². The fourth-order valence-corrected chi connectivity index (χ4v) is 2.40. The second kappa shape index (κ2) is 6.33. The van der Waals surface area contributed by atoms with Crippen molar-refractivity contribution in [1.29, 1.82) is 0 Å². The van der Waals surface area contributed by atoms with Crippen molar-refractivity contribution >= 4 is 27.8 Å². The second-order valence-electron chi connectivity index (χ2n) is 4.94. The number of benzene rings is 3. The fraction of sp³-hybridized carbons (Fsp3) is 0.0588. The lowest BCUT2D eigenvalue weighted by atomic mass is 10.1. The molecule has 24 heavy (non-hydrogen) atoms. The Bertz CT molecular complexity index is 954. The first kappa shape index (κ1) is 15.4. The molecule has 0 aliphatic heterocycles. The fourth-order valence-electron chi connectivity index (χ4n) is 2.40. The molecule has 0 fully saturated rings. The Balaban J connectivity index is 2.11. The lowest BCUT2D eigenvalue weighted by molar-refractivity contribution is -0.385. The Morgan fingerprint density at radius 1 is 1.04 bits per heavy atom. The highest BCUT2D eigenvalue weighted by atomic mass is 16.6. The van der Waals surface area contributed by atoms with Crippen LogP contribution in [0.2, 0.25) is 0 Å². The molecule has 0 unspecified atom stereocenters. The zero-order valence-electron chi connectivity index (χ0n) is 12.7. The number of methoxy groups -OCH3 is 1. The number of fused-ring (bicyclic) bond motifs is 1. The third kappa shape index (κ3) is 2.74. The van der Waals surface area contributed by atoms with Crippen LogP contribution in [0.1, 0.15) is 0 Å². The highest BCUT2D eigenvalue weighted by Crippen LogP contribution is 2.40. The van der Waals surface area contributed by atoms with Gasteiger partial charge in [0.2, 0.25) is 5.75 Å². The Morgan fingerprint density at radius 3 is 2.58 bits per heavy atom. The summed E-state index contributed by atoms with van der Waals surface area (Å²) in [5.41, 5.74) is 0.303. The summed E-state index contributed by atoms with van der Waals surface area (Å²) in [4.78, 5) is 10.5. The number of phenolic OH excluding ortho intramolecular Hbond substituents is 1. The molecule has 0 radical (unpaired) electrons. The van der Waals surface area contributed by atoms with Crippen molar-refractivity contribution in [3.05, 3.63) is 64.7 Å². The van der Waals surface area contributed by atoms with Gasteiger partial charge in [0.05, 0.1) is 12.0 Å². The van der Waals surface area contributed by atoms with E-state index in [1.54, 1.807) is 12.1 Å². The minimum absolute atomic E-state index is 0.0194. The minimum atomic E-state index is -0.548. The van der Waals surface area contributed by atoms with Gasteiger partial charge in [-0.3, -0.25) is 10.1 Å². The van der Waals surface area contributed by atoms with Crippen molar-refractivity contribution in [2.45, 2.75) is 0 Å². The van der Waals surface area contributed by atoms with Crippen molar-refractivity contribution in [2.75, 3.05) is 7.11 Å². The summed E-state index contributed by atoms with van der Waals surface area (Å²) in [6, 6.07) is 15.1. The molecule has 0 amide bonds. The molecule has 3 rings (SSSR count). The number of rotatable bonds is 4. The number of aromatic hydroxyl groups is 1. The molecule has 3 aromatic carbocycles. The Kier molecular flexibility index (Phi) is 4.07. The van der Waals surface area contributed by atoms with Crippen LogP contribution in [0.25, 0.3) is 10.8 Å². The van der Waals surface area contributed by atoms with E-state index in [0.29, 0.717) is 5.69 Å². The molecule has 0 aromatic heterocycles. The molecule has 7 nitrogen and oxygen atoms in total. The topological polar surface area (TPSA) is 97.3 Å². The molecule has 0 saturated heterocycles. The molecular weight excluding hydrogens is 310 g/mol. The summed E-state index contributed by atoms with van der Waals surface area (Å²) in [5, 5.41) is 30.9. The predicted molar refractivity (Wildman–Crippen MR) is 89.4 cm³/mol. The third-order valence-electron chi connectivity index (χ3n) is 3.51. The highest BCUT2D eigenvalue weighted by Gasteiger charge is 2.18. The van der Waals surface area contributed by atoms with Crippen LogP contribution >= 0.6 is 0 Å². The van der Waals surface area contributed by atoms with E-state index in [2.05, 4.69) is 10.2 Å². The zero-order chi connectivity index (χ0) is 17.1. The highest BCUT2D eigenvalue weighted by molar-refractivity contribution is 5.95. The van der Waals surface area contributed by atoms with Crippen molar-refractivity contribution in [3.8, 4) is 11.5 Å². The van der Waals surface area contributed by atoms with Crippen LogP contribution in [-0.2, 0) is 0 Å². The van der Waals surface area contributed by atoms with Gasteiger partial charge in [0.15, 0.2) is 0 Å². The van der Waals surface area contributed by atoms with Gasteiger partial charge < -0.3 is 9.84 Å². The van der Waals surface area contributed by atoms with Gasteiger partial charge in [0.1, 0.15) is 17.1 Å². The van der Waals surface area contributed by atoms with Crippen LogP contribution in [0.5, 0.6) is 11.5 Å². The van der Waals surface area contributed by atoms with Gasteiger partial charge in [0.25, 0.3) is 0 Å². The smallest absolute Gasteiger partial charge is 0.313 e. The van der Waals surface area contributed by atoms with Gasteiger partial charge in [-0.15, -0.1) is 10.2 Å². The van der Waals surface area contributed by atoms with E-state index < -0.39 is 4.92 Å². The summed E-state index contributed by atoms with van der Waals surface area (Å²) < 4.78 is 5.09. The summed E-state index contributed by atoms with van der Waals surface area (Å²) in [6.45, 7) is 0. The van der Waals surface area contributed by atoms with E-state index in [-0.39, 0.29) is 22.9 Å². The van der Waals surface area contributed by atoms with E-state index in [0.717, 1.165) is 10.8 Å². The summed E-state index contributed by atoms with van der Waals surface area (Å²) >= 11 is 0. The average molecular weight is 323 g/mol. The number of nitro groups is 1. The SMILES string of the molecule is COc1c(N=Nc2c(O)ccc3ccccc23)cccc1[N+](=O)[O-]. The van der Waals surface area contributed by atoms with Crippen LogP contribution in [0.4, 0.5) is 17.1 Å². The first-order valence-corrected chi connectivity index (χ1v) is 7.05. The van der Waals surface area contributed by atoms with Crippen LogP contribution in [0, 0.1) is 10.1 Å². The van der Waals surface area contributed by atoms with Gasteiger partial charge in [-0.1, -0.05) is 36.4 Å². The maximum atomic E-state index is 11.0. The maximum absolute atomic E-state index is 11.0. The summed E-state index contributed by atoms with van der Waals surface area (Å²) in [5.74, 6) is -0.00664. The molecule has 120 valence electrons. The largest absolute Gasteiger partial charge is 0.506 e. The number of nitro benzene ring substituents is 1. The second-order valence-corrected chi connectivity index (χ2v) is 4.94. The molecule has 0 aliphatic rings. The molecule has 0 saturated carbocycles. The minimum Gasteiger partial charge on any atom is -0.506 e. The van der Waals surface area contributed by atoms with Crippen LogP contribution in [0.3, 0.4) is 0 Å². The molecule has 0 heterocycles. The summed E-state index contributed by atoms with van der Waals surface area (Å²) in [7, 11) is 1.33. The van der Waals surface area contributed by atoms with Gasteiger partial charge in [-0.05, 0) is 17.5 Å². The van der Waals surface area contributed by atoms with Gasteiger partial charge in [-0.25, -0.2) is 0 Å². The number of hydrogen-bond acceptors (Lipinski definition) is 6. The number of azo groups is 1. The monoisotopic (exact) mass is 323 g/mol. The number of ether oxygens (including phenoxy) is 1. The number of para-hydroxylation sites is 1. The molecule has 7 heteroatoms. The molecule has 0 aliphatic carbocycles. The van der Waals surface area contributed by atoms with E-state index >= 15 is 0 Å². The van der Waals surface area contributed by atoms with Crippen LogP contribution < -0.4 is 4.74 Å². The third-order valence-corrected chi connectivity index (χ3v) is 3.51. The van der Waals surface area contributed by atoms with Crippen molar-refractivity contribution in [3.63, 3.8) is 0 Å². The quantitative estimate of drug-likeness (QED) is 0.420. The van der Waals surface area contributed by atoms with Gasteiger partial charge in [-0.2, -0.15) is 0 Å². The lowest BCUT2D eigenvalue weighted by Crippen LogP contribution is -1.93. The normalized spacial score (nSPS) is 11.0. The van der Waals surface area contributed by atoms with Gasteiger partial charge >= 0.3 is 5.69 Å². The average Bonchev–Trinajstić information content (AvgIpc) is 2.60. The predicted octanol–water partition coefficient (Wildman–Crippen LogP) is 4.88. The zero-order valence-corrected chi connectivity index (χ0v) is 12.7. The summed E-state index contributed by atoms with van der Waals surface area (Å²) in [6.07, 6.45) is 0. The Labute approximate surface area is 137 Å². The van der Waals surface area contributed by atoms with E-state index in [1.165, 1.54) is 25.3 Å². The Hall–Kier alpha value is -3.48. The first-order chi connectivity index (χ1) is 11.6. The molecule has 1 N–H and O–H groups in total. The van der Waals surface area contributed by atoms with Crippen molar-refractivity contribution in [2.24, 2.45) is 10.2 Å². The van der Waals surface area contributed by atoms with Crippen LogP contribution in [0.15, 0.2) is 64.8 Å². The molecule has 0 bridgehead atoms. The Morgan fingerprint density at radius 2 is 1.83 bits per heavy atom. The van der Waals surface area contributed by atoms with E-state index in [9.17, 15) is 15.2 Å². The lowest BCUT2D eigenvalue weighted by Gasteiger charge is -2.05. The molecule has 0 atom stereocenters. The standard InChI is InChI=1S/C17H13N3O4/c1-24-17-13(7-4-8-14(17)20(22)23)18-19-16-12-6-3-2-5-11(12)9-10-15(16)21/h2-10,21H,1H3. The molecule has 3 aromatic rings. The van der Waals surface area contributed by atoms with E-state index in [4.69, 9.17) is 4.74 Å². The van der Waals surface area contributed by atoms with Crippen LogP contribution in [-0.4, -0.2) is 17.1 Å². The first-order valence-electron chi connectivity index (χ1n) is 7.05. The van der Waals surface area contributed by atoms with Crippen molar-refractivity contribution in [1.82, 2.24) is 0 Å². The number of nitrogens with zero attached hydrogens (tertiary/aromatic N) is 3. The van der Waals surface area contributed by atoms with Gasteiger partial charge in [0, 0.05) is 11.5 Å². The molecular formula is C17H13N3O4. The number of phenols is 1. The maximum Gasteiger partial charge on any atom is 0.313 e.